The van der Waals surface area contributed by atoms with E-state index in [1.807, 2.05) is 22.7 Å². The van der Waals surface area contributed by atoms with Crippen LogP contribution in [0.2, 0.25) is 0 Å². The number of para-hydroxylation sites is 2. The molecule has 4 heterocycles. The fraction of sp³-hybridized carbons (Fsp3) is 0. The van der Waals surface area contributed by atoms with Crippen LogP contribution in [0.25, 0.3) is 215 Å². The van der Waals surface area contributed by atoms with Gasteiger partial charge in [0.05, 0.1) is 42.8 Å². The summed E-state index contributed by atoms with van der Waals surface area (Å²) in [6.07, 6.45) is 0. The second kappa shape index (κ2) is 30.7. The average Bonchev–Trinajstić information content (AvgIpc) is 1.74. The fourth-order valence-corrected chi connectivity index (χ4v) is 23.3. The molecule has 0 aliphatic rings. The van der Waals surface area contributed by atoms with Gasteiger partial charge in [0.15, 0.2) is 0 Å². The molecule has 4 aromatic heterocycles. The third-order valence-corrected chi connectivity index (χ3v) is 29.3. The highest BCUT2D eigenvalue weighted by Gasteiger charge is 2.25. The van der Waals surface area contributed by atoms with E-state index in [0.717, 1.165) is 34.1 Å². The lowest BCUT2D eigenvalue weighted by Gasteiger charge is -2.27. The minimum Gasteiger partial charge on any atom is -0.309 e. The van der Waals surface area contributed by atoms with Gasteiger partial charge in [-0.15, -0.1) is 22.7 Å². The Kier molecular flexibility index (Phi) is 17.7. The predicted octanol–water partition coefficient (Wildman–Crippen LogP) is 36.0. The largest absolute Gasteiger partial charge is 0.309 e. The van der Waals surface area contributed by atoms with Gasteiger partial charge >= 0.3 is 0 Å². The smallest absolute Gasteiger partial charge is 0.0640 e. The number of aromatic nitrogens is 2. The summed E-state index contributed by atoms with van der Waals surface area (Å²) in [5, 5.41) is 27.9. The van der Waals surface area contributed by atoms with Crippen LogP contribution >= 0.6 is 22.7 Å². The number of benzene rings is 23. The highest BCUT2D eigenvalue weighted by atomic mass is 32.1. The molecule has 4 nitrogen and oxygen atoms in total. The number of thiophene rings is 2. The Bertz CT molecular complexity index is 9170. The topological polar surface area (TPSA) is 16.3 Å². The molecule has 27 rings (SSSR count). The first-order valence-corrected chi connectivity index (χ1v) is 46.2. The van der Waals surface area contributed by atoms with Gasteiger partial charge < -0.3 is 18.9 Å². The highest BCUT2D eigenvalue weighted by Crippen LogP contribution is 2.51. The molecule has 130 heavy (non-hydrogen) atoms. The molecule has 0 N–H and O–H groups in total. The van der Waals surface area contributed by atoms with E-state index in [1.165, 1.54) is 215 Å². The van der Waals surface area contributed by atoms with Crippen LogP contribution in [0.3, 0.4) is 0 Å². The molecule has 6 heteroatoms. The standard InChI is InChI=1S/C64H40N2S.C60H38N2S/c1-2-16-45(17-3-1)66-60-36-30-43(38-58(60)59-39-44(31-37-61(59)66)49-24-12-15-42-14-4-5-18-48(42)49)41-28-32-46(33-29-41)65(62-26-13-25-56-55-23-10-11-27-63(55)67-64(56)62)47-34-35-54-52-21-7-6-19-50(52)51-20-8-9-22-53(51)57(54)40-47;1-3-14-39(15-4-1)41-28-34-56-54(36-41)55-37-42(29-35-57(55)62(56)43-16-5-2-6-17-43)40-26-30-44(31-27-40)61(58-24-13-23-52-51-22-11-12-25-59(51)63-60(52)58)45-32-33-50-48-20-8-7-18-46(48)47-19-9-10-21-49(47)53(50)38-45/h1-40H;1-38H. The summed E-state index contributed by atoms with van der Waals surface area (Å²) in [5.41, 5.74) is 23.5. The van der Waals surface area contributed by atoms with Gasteiger partial charge in [-0.3, -0.25) is 0 Å². The van der Waals surface area contributed by atoms with Gasteiger partial charge in [0.1, 0.15) is 0 Å². The van der Waals surface area contributed by atoms with Crippen molar-refractivity contribution < 1.29 is 0 Å². The quantitative estimate of drug-likeness (QED) is 0.113. The Balaban J connectivity index is 0.000000137. The number of nitrogens with zero attached hydrogens (tertiary/aromatic N) is 4. The van der Waals surface area contributed by atoms with Crippen molar-refractivity contribution in [2.24, 2.45) is 0 Å². The minimum absolute atomic E-state index is 1.11. The Labute approximate surface area is 758 Å². The molecule has 0 aliphatic carbocycles. The van der Waals surface area contributed by atoms with Crippen molar-refractivity contribution in [3.63, 3.8) is 0 Å². The van der Waals surface area contributed by atoms with Crippen LogP contribution in [0.4, 0.5) is 34.1 Å². The Morgan fingerprint density at radius 2 is 0.446 bits per heavy atom. The molecular formula is C124H78N4S2. The maximum absolute atomic E-state index is 2.47. The molecule has 0 fully saturated rings. The monoisotopic (exact) mass is 1690 g/mol. The molecule has 23 aromatic carbocycles. The third kappa shape index (κ3) is 12.3. The van der Waals surface area contributed by atoms with Crippen LogP contribution in [0.5, 0.6) is 0 Å². The molecule has 0 saturated heterocycles. The SMILES string of the molecule is c1ccc(-c2ccc3c(c2)c2cc(-c4ccc(N(c5ccc6c7ccccc7c7ccccc7c6c5)c5cccc6c5sc5ccccc56)cc4)ccc2n3-c2ccccc2)cc1.c1ccc(-n2c3ccc(-c4ccc(N(c5ccc6c7ccccc7c7ccccc7c6c5)c5cccc6c5sc5ccccc56)cc4)cc3c3cc(-c4cccc5ccccc45)ccc32)cc1. The maximum Gasteiger partial charge on any atom is 0.0640 e. The van der Waals surface area contributed by atoms with Crippen LogP contribution in [0.15, 0.2) is 473 Å². The van der Waals surface area contributed by atoms with Crippen LogP contribution in [0.1, 0.15) is 0 Å². The predicted molar refractivity (Wildman–Crippen MR) is 561 cm³/mol. The average molecular weight is 1690 g/mol. The number of hydrogen-bond donors (Lipinski definition) is 0. The molecule has 0 aliphatic heterocycles. The van der Waals surface area contributed by atoms with Gasteiger partial charge in [-0.2, -0.15) is 0 Å². The zero-order valence-electron chi connectivity index (χ0n) is 70.6. The van der Waals surface area contributed by atoms with Crippen LogP contribution in [0, 0.1) is 0 Å². The second-order valence-corrected chi connectivity index (χ2v) is 36.2. The van der Waals surface area contributed by atoms with E-state index in [1.54, 1.807) is 0 Å². The van der Waals surface area contributed by atoms with Crippen molar-refractivity contribution in [2.75, 3.05) is 9.80 Å². The molecule has 0 radical (unpaired) electrons. The van der Waals surface area contributed by atoms with Gasteiger partial charge in [-0.1, -0.05) is 328 Å². The number of anilines is 6. The second-order valence-electron chi connectivity index (χ2n) is 34.1. The molecule has 0 spiro atoms. The Hall–Kier alpha value is -16.5. The third-order valence-electron chi connectivity index (χ3n) is 26.9. The van der Waals surface area contributed by atoms with E-state index in [2.05, 4.69) is 492 Å². The minimum atomic E-state index is 1.11. The molecule has 606 valence electrons. The van der Waals surface area contributed by atoms with E-state index >= 15 is 0 Å². The van der Waals surface area contributed by atoms with E-state index < -0.39 is 0 Å². The van der Waals surface area contributed by atoms with Gasteiger partial charge in [0.25, 0.3) is 0 Å². The molecule has 0 unspecified atom stereocenters. The maximum atomic E-state index is 2.47. The molecule has 0 atom stereocenters. The molecule has 0 amide bonds. The number of hydrogen-bond acceptors (Lipinski definition) is 4. The molecule has 0 saturated carbocycles. The van der Waals surface area contributed by atoms with E-state index in [0.29, 0.717) is 0 Å². The lowest BCUT2D eigenvalue weighted by atomic mass is 9.94. The van der Waals surface area contributed by atoms with E-state index in [9.17, 15) is 0 Å². The van der Waals surface area contributed by atoms with E-state index in [-0.39, 0.29) is 0 Å². The summed E-state index contributed by atoms with van der Waals surface area (Å²) in [4.78, 5) is 4.93. The first kappa shape index (κ1) is 74.9. The van der Waals surface area contributed by atoms with Gasteiger partial charge in [0.2, 0.25) is 0 Å². The fourth-order valence-electron chi connectivity index (χ4n) is 20.9. The highest BCUT2D eigenvalue weighted by molar-refractivity contribution is 7.27. The van der Waals surface area contributed by atoms with Gasteiger partial charge in [-0.25, -0.2) is 0 Å². The van der Waals surface area contributed by atoms with Crippen LogP contribution < -0.4 is 9.80 Å². The summed E-state index contributed by atoms with van der Waals surface area (Å²) < 4.78 is 9.96. The summed E-state index contributed by atoms with van der Waals surface area (Å²) in [6, 6.07) is 174. The zero-order valence-corrected chi connectivity index (χ0v) is 72.3. The van der Waals surface area contributed by atoms with Crippen molar-refractivity contribution >= 4 is 216 Å². The number of fused-ring (bicyclic) bond motifs is 25. The van der Waals surface area contributed by atoms with Gasteiger partial charge in [-0.05, 0) is 266 Å². The van der Waals surface area contributed by atoms with Crippen molar-refractivity contribution in [1.29, 1.82) is 0 Å². The summed E-state index contributed by atoms with van der Waals surface area (Å²) in [5.74, 6) is 0. The molecular weight excluding hydrogens is 1610 g/mol. The molecule has 27 aromatic rings. The van der Waals surface area contributed by atoms with Crippen molar-refractivity contribution in [3.05, 3.63) is 473 Å². The van der Waals surface area contributed by atoms with Gasteiger partial charge in [0, 0.05) is 86.6 Å². The first-order valence-electron chi connectivity index (χ1n) is 44.6. The Morgan fingerprint density at radius 3 is 0.854 bits per heavy atom. The van der Waals surface area contributed by atoms with Crippen LogP contribution in [-0.4, -0.2) is 9.13 Å². The zero-order chi connectivity index (χ0) is 85.4. The first-order chi connectivity index (χ1) is 64.5. The number of rotatable bonds is 12. The van der Waals surface area contributed by atoms with E-state index in [4.69, 9.17) is 0 Å². The summed E-state index contributed by atoms with van der Waals surface area (Å²) >= 11 is 3.74. The molecule has 0 bridgehead atoms. The summed E-state index contributed by atoms with van der Waals surface area (Å²) in [6.45, 7) is 0. The summed E-state index contributed by atoms with van der Waals surface area (Å²) in [7, 11) is 0. The normalized spacial score (nSPS) is 11.8. The lowest BCUT2D eigenvalue weighted by molar-refractivity contribution is 1.18. The lowest BCUT2D eigenvalue weighted by Crippen LogP contribution is -2.10. The van der Waals surface area contributed by atoms with Crippen LogP contribution in [-0.2, 0) is 0 Å². The Morgan fingerprint density at radius 1 is 0.162 bits per heavy atom. The van der Waals surface area contributed by atoms with Crippen molar-refractivity contribution in [1.82, 2.24) is 9.13 Å². The van der Waals surface area contributed by atoms with Crippen molar-refractivity contribution in [2.45, 2.75) is 0 Å². The van der Waals surface area contributed by atoms with Crippen molar-refractivity contribution in [3.8, 4) is 55.9 Å².